The Morgan fingerprint density at radius 3 is 2.31 bits per heavy atom. The van der Waals surface area contributed by atoms with Gasteiger partial charge in [0.1, 0.15) is 0 Å². The minimum atomic E-state index is 0.700. The van der Waals surface area contributed by atoms with E-state index in [9.17, 15) is 0 Å². The lowest BCUT2D eigenvalue weighted by molar-refractivity contribution is 0.185. The van der Waals surface area contributed by atoms with Crippen LogP contribution in [0, 0.1) is 5.92 Å². The molecule has 0 amide bonds. The summed E-state index contributed by atoms with van der Waals surface area (Å²) in [6.45, 7) is 7.31. The number of ether oxygens (including phenoxy) is 1. The average Bonchev–Trinajstić information content (AvgIpc) is 2.27. The Labute approximate surface area is 99.0 Å². The van der Waals surface area contributed by atoms with Crippen molar-refractivity contribution in [3.05, 3.63) is 35.4 Å². The molecule has 0 fully saturated rings. The molecule has 1 N–H and O–H groups in total. The second kappa shape index (κ2) is 7.42. The monoisotopic (exact) mass is 221 g/mol. The summed E-state index contributed by atoms with van der Waals surface area (Å²) in [6.07, 6.45) is 1.10. The molecule has 0 spiro atoms. The van der Waals surface area contributed by atoms with Gasteiger partial charge in [0, 0.05) is 7.11 Å². The highest BCUT2D eigenvalue weighted by Crippen LogP contribution is 2.05. The van der Waals surface area contributed by atoms with Gasteiger partial charge in [0.05, 0.1) is 6.61 Å². The highest BCUT2D eigenvalue weighted by molar-refractivity contribution is 5.22. The third-order valence-electron chi connectivity index (χ3n) is 2.48. The van der Waals surface area contributed by atoms with E-state index < -0.39 is 0 Å². The molecule has 2 nitrogen and oxygen atoms in total. The minimum Gasteiger partial charge on any atom is -0.380 e. The van der Waals surface area contributed by atoms with Gasteiger partial charge in [-0.15, -0.1) is 0 Å². The summed E-state index contributed by atoms with van der Waals surface area (Å²) in [4.78, 5) is 0. The topological polar surface area (TPSA) is 21.3 Å². The van der Waals surface area contributed by atoms with Crippen molar-refractivity contribution in [3.8, 4) is 0 Å². The molecule has 0 atom stereocenters. The van der Waals surface area contributed by atoms with E-state index in [4.69, 9.17) is 4.74 Å². The molecular formula is C14H23NO. The molecular weight excluding hydrogens is 198 g/mol. The van der Waals surface area contributed by atoms with Crippen molar-refractivity contribution < 1.29 is 4.74 Å². The van der Waals surface area contributed by atoms with Crippen molar-refractivity contribution >= 4 is 0 Å². The predicted octanol–water partition coefficient (Wildman–Crippen LogP) is 2.62. The van der Waals surface area contributed by atoms with Gasteiger partial charge in [-0.2, -0.15) is 0 Å². The van der Waals surface area contributed by atoms with Gasteiger partial charge in [-0.05, 0) is 36.6 Å². The van der Waals surface area contributed by atoms with Gasteiger partial charge in [-0.25, -0.2) is 0 Å². The first-order valence-corrected chi connectivity index (χ1v) is 6.00. The van der Waals surface area contributed by atoms with E-state index in [1.807, 2.05) is 0 Å². The van der Waals surface area contributed by atoms with Crippen LogP contribution in [0.5, 0.6) is 0 Å². The molecule has 90 valence electrons. The summed E-state index contributed by atoms with van der Waals surface area (Å²) in [5, 5.41) is 3.45. The molecule has 0 bridgehead atoms. The van der Waals surface area contributed by atoms with E-state index in [1.165, 1.54) is 11.1 Å². The summed E-state index contributed by atoms with van der Waals surface area (Å²) in [5.41, 5.74) is 2.62. The lowest BCUT2D eigenvalue weighted by atomic mass is 10.1. The van der Waals surface area contributed by atoms with Crippen LogP contribution in [0.1, 0.15) is 25.0 Å². The molecule has 2 heteroatoms. The third-order valence-corrected chi connectivity index (χ3v) is 2.48. The molecule has 0 radical (unpaired) electrons. The molecule has 1 aromatic carbocycles. The maximum Gasteiger partial charge on any atom is 0.0713 e. The normalized spacial score (nSPS) is 11.0. The zero-order valence-electron chi connectivity index (χ0n) is 10.6. The van der Waals surface area contributed by atoms with Crippen LogP contribution in [-0.4, -0.2) is 20.2 Å². The van der Waals surface area contributed by atoms with E-state index in [0.717, 1.165) is 25.4 Å². The second-order valence-corrected chi connectivity index (χ2v) is 4.60. The summed E-state index contributed by atoms with van der Waals surface area (Å²) in [5.74, 6) is 0.726. The highest BCUT2D eigenvalue weighted by Gasteiger charge is 1.96. The summed E-state index contributed by atoms with van der Waals surface area (Å²) >= 11 is 0. The van der Waals surface area contributed by atoms with Gasteiger partial charge in [0.15, 0.2) is 0 Å². The van der Waals surface area contributed by atoms with Crippen LogP contribution in [-0.2, 0) is 17.8 Å². The molecule has 0 unspecified atom stereocenters. The first-order chi connectivity index (χ1) is 7.72. The molecule has 1 rings (SSSR count). The van der Waals surface area contributed by atoms with Crippen molar-refractivity contribution in [3.63, 3.8) is 0 Å². The first-order valence-electron chi connectivity index (χ1n) is 6.00. The SMILES string of the molecule is COCc1ccc(CCNCC(C)C)cc1. The van der Waals surface area contributed by atoms with Crippen LogP contribution in [0.2, 0.25) is 0 Å². The van der Waals surface area contributed by atoms with Gasteiger partial charge >= 0.3 is 0 Å². The smallest absolute Gasteiger partial charge is 0.0713 e. The Balaban J connectivity index is 2.26. The number of hydrogen-bond donors (Lipinski definition) is 1. The average molecular weight is 221 g/mol. The fourth-order valence-corrected chi connectivity index (χ4v) is 1.59. The van der Waals surface area contributed by atoms with E-state index in [0.29, 0.717) is 6.61 Å². The van der Waals surface area contributed by atoms with Crippen LogP contribution in [0.15, 0.2) is 24.3 Å². The first kappa shape index (κ1) is 13.2. The van der Waals surface area contributed by atoms with Gasteiger partial charge in [0.2, 0.25) is 0 Å². The fourth-order valence-electron chi connectivity index (χ4n) is 1.59. The molecule has 0 aliphatic heterocycles. The van der Waals surface area contributed by atoms with Crippen molar-refractivity contribution in [2.24, 2.45) is 5.92 Å². The van der Waals surface area contributed by atoms with Gasteiger partial charge in [0.25, 0.3) is 0 Å². The molecule has 0 heterocycles. The Kier molecular flexibility index (Phi) is 6.12. The molecule has 0 saturated heterocycles. The molecule has 0 aliphatic rings. The van der Waals surface area contributed by atoms with E-state index in [2.05, 4.69) is 43.4 Å². The van der Waals surface area contributed by atoms with Crippen LogP contribution in [0.3, 0.4) is 0 Å². The van der Waals surface area contributed by atoms with Crippen LogP contribution >= 0.6 is 0 Å². The van der Waals surface area contributed by atoms with Gasteiger partial charge < -0.3 is 10.1 Å². The largest absolute Gasteiger partial charge is 0.380 e. The van der Waals surface area contributed by atoms with Crippen molar-refractivity contribution in [1.82, 2.24) is 5.32 Å². The zero-order chi connectivity index (χ0) is 11.8. The Bertz CT molecular complexity index is 279. The molecule has 1 aromatic rings. The minimum absolute atomic E-state index is 0.700. The molecule has 16 heavy (non-hydrogen) atoms. The Hall–Kier alpha value is -0.860. The molecule has 0 aliphatic carbocycles. The van der Waals surface area contributed by atoms with Crippen LogP contribution in [0.4, 0.5) is 0 Å². The summed E-state index contributed by atoms with van der Waals surface area (Å²) < 4.78 is 5.08. The van der Waals surface area contributed by atoms with Crippen molar-refractivity contribution in [1.29, 1.82) is 0 Å². The van der Waals surface area contributed by atoms with E-state index in [1.54, 1.807) is 7.11 Å². The number of hydrogen-bond acceptors (Lipinski definition) is 2. The fraction of sp³-hybridized carbons (Fsp3) is 0.571. The maximum atomic E-state index is 5.08. The second-order valence-electron chi connectivity index (χ2n) is 4.60. The third kappa shape index (κ3) is 5.29. The quantitative estimate of drug-likeness (QED) is 0.715. The van der Waals surface area contributed by atoms with Crippen molar-refractivity contribution in [2.75, 3.05) is 20.2 Å². The molecule has 0 aromatic heterocycles. The lowest BCUT2D eigenvalue weighted by Crippen LogP contribution is -2.22. The van der Waals surface area contributed by atoms with Crippen molar-refractivity contribution in [2.45, 2.75) is 26.9 Å². The van der Waals surface area contributed by atoms with E-state index >= 15 is 0 Å². The van der Waals surface area contributed by atoms with Crippen LogP contribution < -0.4 is 5.32 Å². The van der Waals surface area contributed by atoms with Gasteiger partial charge in [-0.3, -0.25) is 0 Å². The van der Waals surface area contributed by atoms with Gasteiger partial charge in [-0.1, -0.05) is 38.1 Å². The zero-order valence-corrected chi connectivity index (χ0v) is 10.6. The number of methoxy groups -OCH3 is 1. The Morgan fingerprint density at radius 2 is 1.75 bits per heavy atom. The standard InChI is InChI=1S/C14H23NO/c1-12(2)10-15-9-8-13-4-6-14(7-5-13)11-16-3/h4-7,12,15H,8-11H2,1-3H3. The number of rotatable bonds is 7. The summed E-state index contributed by atoms with van der Waals surface area (Å²) in [7, 11) is 1.73. The predicted molar refractivity (Wildman–Crippen MR) is 68.6 cm³/mol. The van der Waals surface area contributed by atoms with Crippen LogP contribution in [0.25, 0.3) is 0 Å². The lowest BCUT2D eigenvalue weighted by Gasteiger charge is -2.07. The highest BCUT2D eigenvalue weighted by atomic mass is 16.5. The number of nitrogens with one attached hydrogen (secondary N) is 1. The molecule has 0 saturated carbocycles. The maximum absolute atomic E-state index is 5.08. The van der Waals surface area contributed by atoms with E-state index in [-0.39, 0.29) is 0 Å². The summed E-state index contributed by atoms with van der Waals surface area (Å²) in [6, 6.07) is 8.65. The Morgan fingerprint density at radius 1 is 1.12 bits per heavy atom. The number of benzene rings is 1.